The molecule has 5 nitrogen and oxygen atoms in total. The van der Waals surface area contributed by atoms with E-state index >= 15 is 0 Å². The Labute approximate surface area is 100 Å². The molecule has 17 heavy (non-hydrogen) atoms. The van der Waals surface area contributed by atoms with Gasteiger partial charge in [-0.3, -0.25) is 15.0 Å². The van der Waals surface area contributed by atoms with Crippen molar-refractivity contribution in [1.29, 1.82) is 0 Å². The van der Waals surface area contributed by atoms with Crippen LogP contribution >= 0.6 is 0 Å². The Morgan fingerprint density at radius 2 is 2.00 bits per heavy atom. The first-order chi connectivity index (χ1) is 8.16. The van der Waals surface area contributed by atoms with Gasteiger partial charge in [-0.15, -0.1) is 0 Å². The van der Waals surface area contributed by atoms with Crippen LogP contribution in [0.25, 0.3) is 0 Å². The van der Waals surface area contributed by atoms with Gasteiger partial charge in [-0.1, -0.05) is 18.2 Å². The lowest BCUT2D eigenvalue weighted by Crippen LogP contribution is -2.39. The van der Waals surface area contributed by atoms with Crippen molar-refractivity contribution in [2.24, 2.45) is 5.73 Å². The van der Waals surface area contributed by atoms with E-state index in [1.54, 1.807) is 12.1 Å². The molecule has 0 aromatic heterocycles. The van der Waals surface area contributed by atoms with E-state index in [2.05, 4.69) is 4.90 Å². The molecule has 2 N–H and O–H groups in total. The minimum Gasteiger partial charge on any atom is -0.328 e. The molecule has 1 aromatic rings. The highest BCUT2D eigenvalue weighted by molar-refractivity contribution is 5.39. The third kappa shape index (κ3) is 3.01. The van der Waals surface area contributed by atoms with Gasteiger partial charge in [0, 0.05) is 24.2 Å². The summed E-state index contributed by atoms with van der Waals surface area (Å²) in [5, 5.41) is 10.9. The molecule has 0 unspecified atom stereocenters. The lowest BCUT2D eigenvalue weighted by Gasteiger charge is -2.29. The number of benzene rings is 1. The number of nitrogens with zero attached hydrogens (tertiary/aromatic N) is 2. The van der Waals surface area contributed by atoms with Crippen LogP contribution in [-0.4, -0.2) is 29.0 Å². The molecule has 0 saturated carbocycles. The third-order valence-corrected chi connectivity index (χ3v) is 3.21. The number of piperidine rings is 1. The number of nitrogens with two attached hydrogens (primary N) is 1. The number of nitro benzene ring substituents is 1. The number of rotatable bonds is 3. The monoisotopic (exact) mass is 235 g/mol. The van der Waals surface area contributed by atoms with E-state index in [1.165, 1.54) is 0 Å². The summed E-state index contributed by atoms with van der Waals surface area (Å²) in [7, 11) is 0. The molecule has 1 aliphatic heterocycles. The fourth-order valence-corrected chi connectivity index (χ4v) is 2.17. The molecule has 1 saturated heterocycles. The van der Waals surface area contributed by atoms with Crippen molar-refractivity contribution in [3.8, 4) is 0 Å². The average molecular weight is 235 g/mol. The van der Waals surface area contributed by atoms with E-state index in [1.807, 2.05) is 12.1 Å². The highest BCUT2D eigenvalue weighted by Crippen LogP contribution is 2.21. The summed E-state index contributed by atoms with van der Waals surface area (Å²) in [4.78, 5) is 12.8. The zero-order chi connectivity index (χ0) is 12.3. The van der Waals surface area contributed by atoms with E-state index in [0.29, 0.717) is 6.54 Å². The summed E-state index contributed by atoms with van der Waals surface area (Å²) in [5.74, 6) is 0. The zero-order valence-electron chi connectivity index (χ0n) is 9.71. The topological polar surface area (TPSA) is 72.4 Å². The first-order valence-electron chi connectivity index (χ1n) is 5.87. The van der Waals surface area contributed by atoms with Crippen LogP contribution in [0.5, 0.6) is 0 Å². The normalized spacial score (nSPS) is 18.2. The van der Waals surface area contributed by atoms with Crippen molar-refractivity contribution in [2.75, 3.05) is 13.1 Å². The standard InChI is InChI=1S/C12H17N3O2/c13-11-5-7-14(8-6-11)9-10-3-1-2-4-12(10)15(16)17/h1-4,11H,5-9,13H2. The Morgan fingerprint density at radius 1 is 1.35 bits per heavy atom. The Bertz CT molecular complexity index is 400. The van der Waals surface area contributed by atoms with Crippen molar-refractivity contribution < 1.29 is 4.92 Å². The van der Waals surface area contributed by atoms with Crippen LogP contribution in [0.4, 0.5) is 5.69 Å². The number of likely N-dealkylation sites (tertiary alicyclic amines) is 1. The van der Waals surface area contributed by atoms with Gasteiger partial charge >= 0.3 is 0 Å². The molecule has 0 radical (unpaired) electrons. The Morgan fingerprint density at radius 3 is 2.65 bits per heavy atom. The summed E-state index contributed by atoms with van der Waals surface area (Å²) in [6.45, 7) is 2.49. The maximum absolute atomic E-state index is 10.9. The van der Waals surface area contributed by atoms with Crippen LogP contribution in [0.15, 0.2) is 24.3 Å². The van der Waals surface area contributed by atoms with Crippen molar-refractivity contribution in [1.82, 2.24) is 4.90 Å². The largest absolute Gasteiger partial charge is 0.328 e. The fourth-order valence-electron chi connectivity index (χ4n) is 2.17. The molecule has 1 aliphatic rings. The van der Waals surface area contributed by atoms with Gasteiger partial charge in [0.2, 0.25) is 0 Å². The van der Waals surface area contributed by atoms with Crippen molar-refractivity contribution in [2.45, 2.75) is 25.4 Å². The molecular weight excluding hydrogens is 218 g/mol. The van der Waals surface area contributed by atoms with Gasteiger partial charge in [-0.25, -0.2) is 0 Å². The molecule has 92 valence electrons. The molecule has 1 aromatic carbocycles. The van der Waals surface area contributed by atoms with Crippen molar-refractivity contribution >= 4 is 5.69 Å². The van der Waals surface area contributed by atoms with E-state index in [0.717, 1.165) is 31.5 Å². The van der Waals surface area contributed by atoms with Crippen molar-refractivity contribution in [3.05, 3.63) is 39.9 Å². The molecular formula is C12H17N3O2. The minimum atomic E-state index is -0.314. The van der Waals surface area contributed by atoms with Gasteiger partial charge in [0.25, 0.3) is 5.69 Å². The zero-order valence-corrected chi connectivity index (χ0v) is 9.71. The predicted octanol–water partition coefficient (Wildman–Crippen LogP) is 1.52. The van der Waals surface area contributed by atoms with Gasteiger partial charge in [-0.05, 0) is 25.9 Å². The van der Waals surface area contributed by atoms with Crippen LogP contribution in [0, 0.1) is 10.1 Å². The Balaban J connectivity index is 2.05. The molecule has 0 aliphatic carbocycles. The Kier molecular flexibility index (Phi) is 3.71. The Hall–Kier alpha value is -1.46. The summed E-state index contributed by atoms with van der Waals surface area (Å²) >= 11 is 0. The van der Waals surface area contributed by atoms with Crippen LogP contribution in [-0.2, 0) is 6.54 Å². The highest BCUT2D eigenvalue weighted by Gasteiger charge is 2.19. The van der Waals surface area contributed by atoms with Crippen LogP contribution < -0.4 is 5.73 Å². The summed E-state index contributed by atoms with van der Waals surface area (Å²) < 4.78 is 0. The SMILES string of the molecule is NC1CCN(Cc2ccccc2[N+](=O)[O-])CC1. The maximum Gasteiger partial charge on any atom is 0.273 e. The first kappa shape index (κ1) is 12.0. The third-order valence-electron chi connectivity index (χ3n) is 3.21. The molecule has 0 spiro atoms. The van der Waals surface area contributed by atoms with Gasteiger partial charge in [0.05, 0.1) is 4.92 Å². The van der Waals surface area contributed by atoms with E-state index in [4.69, 9.17) is 5.73 Å². The van der Waals surface area contributed by atoms with Crippen LogP contribution in [0.3, 0.4) is 0 Å². The quantitative estimate of drug-likeness (QED) is 0.636. The molecule has 0 amide bonds. The van der Waals surface area contributed by atoms with Crippen molar-refractivity contribution in [3.63, 3.8) is 0 Å². The van der Waals surface area contributed by atoms with Gasteiger partial charge in [0.15, 0.2) is 0 Å². The number of nitro groups is 1. The maximum atomic E-state index is 10.9. The number of para-hydroxylation sites is 1. The summed E-state index contributed by atoms with van der Waals surface area (Å²) in [6, 6.07) is 7.22. The minimum absolute atomic E-state index is 0.211. The molecule has 1 heterocycles. The average Bonchev–Trinajstić information content (AvgIpc) is 2.32. The second-order valence-corrected chi connectivity index (χ2v) is 4.50. The molecule has 5 heteroatoms. The van der Waals surface area contributed by atoms with Crippen LogP contribution in [0.1, 0.15) is 18.4 Å². The van der Waals surface area contributed by atoms with E-state index in [-0.39, 0.29) is 16.7 Å². The fraction of sp³-hybridized carbons (Fsp3) is 0.500. The van der Waals surface area contributed by atoms with Gasteiger partial charge in [-0.2, -0.15) is 0 Å². The molecule has 0 bridgehead atoms. The van der Waals surface area contributed by atoms with E-state index < -0.39 is 0 Å². The second-order valence-electron chi connectivity index (χ2n) is 4.50. The second kappa shape index (κ2) is 5.25. The lowest BCUT2D eigenvalue weighted by molar-refractivity contribution is -0.385. The molecule has 2 rings (SSSR count). The number of hydrogen-bond acceptors (Lipinski definition) is 4. The van der Waals surface area contributed by atoms with Crippen LogP contribution in [0.2, 0.25) is 0 Å². The predicted molar refractivity (Wildman–Crippen MR) is 65.6 cm³/mol. The number of hydrogen-bond donors (Lipinski definition) is 1. The lowest BCUT2D eigenvalue weighted by atomic mass is 10.0. The van der Waals surface area contributed by atoms with Gasteiger partial charge in [0.1, 0.15) is 0 Å². The molecule has 0 atom stereocenters. The summed E-state index contributed by atoms with van der Waals surface area (Å²) in [6.07, 6.45) is 1.95. The smallest absolute Gasteiger partial charge is 0.273 e. The van der Waals surface area contributed by atoms with E-state index in [9.17, 15) is 10.1 Å². The first-order valence-corrected chi connectivity index (χ1v) is 5.87. The van der Waals surface area contributed by atoms with Gasteiger partial charge < -0.3 is 5.73 Å². The molecule has 1 fully saturated rings. The summed E-state index contributed by atoms with van der Waals surface area (Å²) in [5.41, 5.74) is 6.83. The highest BCUT2D eigenvalue weighted by atomic mass is 16.6.